The van der Waals surface area contributed by atoms with Gasteiger partial charge >= 0.3 is 6.18 Å². The molecule has 5 nitrogen and oxygen atoms in total. The summed E-state index contributed by atoms with van der Waals surface area (Å²) in [4.78, 5) is 16.7. The van der Waals surface area contributed by atoms with Crippen LogP contribution in [0.15, 0.2) is 30.3 Å². The fraction of sp³-hybridized carbons (Fsp3) is 0.478. The van der Waals surface area contributed by atoms with Gasteiger partial charge < -0.3 is 15.6 Å². The number of ether oxygens (including phenoxy) is 1. The highest BCUT2D eigenvalue weighted by Crippen LogP contribution is 2.42. The predicted molar refractivity (Wildman–Crippen MR) is 108 cm³/mol. The second-order valence-corrected chi connectivity index (χ2v) is 8.84. The lowest BCUT2D eigenvalue weighted by atomic mass is 9.91. The zero-order valence-electron chi connectivity index (χ0n) is 17.2. The Bertz CT molecular complexity index is 979. The van der Waals surface area contributed by atoms with Gasteiger partial charge in [0.1, 0.15) is 0 Å². The SMILES string of the molecule is C[C@](O)(Cc1nc(OCC2CC2)c(-c2ccc(C(F)(F)F)cc2)cc1C(N)=O)C1CC1. The van der Waals surface area contributed by atoms with E-state index in [-0.39, 0.29) is 23.8 Å². The molecule has 1 aromatic carbocycles. The normalized spacial score (nSPS) is 18.5. The molecule has 0 bridgehead atoms. The number of pyridine rings is 1. The Kier molecular flexibility index (Phi) is 5.45. The van der Waals surface area contributed by atoms with Crippen LogP contribution in [0.3, 0.4) is 0 Å². The molecule has 0 radical (unpaired) electrons. The second kappa shape index (κ2) is 7.82. The molecular formula is C23H25F3N2O3. The van der Waals surface area contributed by atoms with Gasteiger partial charge in [0.15, 0.2) is 0 Å². The van der Waals surface area contributed by atoms with Crippen molar-refractivity contribution < 1.29 is 27.8 Å². The summed E-state index contributed by atoms with van der Waals surface area (Å²) in [6.45, 7) is 2.15. The molecule has 1 amide bonds. The second-order valence-electron chi connectivity index (χ2n) is 8.84. The lowest BCUT2D eigenvalue weighted by molar-refractivity contribution is -0.137. The number of hydrogen-bond acceptors (Lipinski definition) is 4. The van der Waals surface area contributed by atoms with E-state index >= 15 is 0 Å². The van der Waals surface area contributed by atoms with Gasteiger partial charge in [0, 0.05) is 12.0 Å². The maximum Gasteiger partial charge on any atom is 0.416 e. The molecule has 1 atom stereocenters. The first-order chi connectivity index (χ1) is 14.5. The third kappa shape index (κ3) is 5.01. The largest absolute Gasteiger partial charge is 0.477 e. The van der Waals surface area contributed by atoms with E-state index in [2.05, 4.69) is 4.98 Å². The topological polar surface area (TPSA) is 85.4 Å². The maximum atomic E-state index is 12.9. The summed E-state index contributed by atoms with van der Waals surface area (Å²) in [5.41, 5.74) is 5.10. The van der Waals surface area contributed by atoms with Crippen molar-refractivity contribution in [2.45, 2.75) is 50.8 Å². The standard InChI is InChI=1S/C23H25F3N2O3/c1-22(30,15-8-9-15)11-19-18(20(27)29)10-17(21(28-19)31-12-13-2-3-13)14-4-6-16(7-5-14)23(24,25)26/h4-7,10,13,15,30H,2-3,8-9,11-12H2,1H3,(H2,27,29)/t22-/m0/s1. The Morgan fingerprint density at radius 2 is 1.84 bits per heavy atom. The van der Waals surface area contributed by atoms with E-state index in [0.717, 1.165) is 37.8 Å². The highest BCUT2D eigenvalue weighted by molar-refractivity contribution is 5.95. The zero-order chi connectivity index (χ0) is 22.4. The van der Waals surface area contributed by atoms with Gasteiger partial charge in [-0.1, -0.05) is 12.1 Å². The number of rotatable bonds is 8. The van der Waals surface area contributed by atoms with Gasteiger partial charge in [-0.3, -0.25) is 4.79 Å². The van der Waals surface area contributed by atoms with Gasteiger partial charge in [-0.15, -0.1) is 0 Å². The number of alkyl halides is 3. The van der Waals surface area contributed by atoms with Gasteiger partial charge in [-0.25, -0.2) is 4.98 Å². The third-order valence-electron chi connectivity index (χ3n) is 5.99. The van der Waals surface area contributed by atoms with Gasteiger partial charge in [0.2, 0.25) is 5.88 Å². The number of carbonyl (C=O) groups excluding carboxylic acids is 1. The van der Waals surface area contributed by atoms with E-state index in [4.69, 9.17) is 10.5 Å². The third-order valence-corrected chi connectivity index (χ3v) is 5.99. The molecule has 2 aliphatic rings. The van der Waals surface area contributed by atoms with Crippen LogP contribution in [0.1, 0.15) is 54.2 Å². The van der Waals surface area contributed by atoms with Gasteiger partial charge in [-0.05, 0) is 68.2 Å². The van der Waals surface area contributed by atoms with Crippen molar-refractivity contribution >= 4 is 5.91 Å². The van der Waals surface area contributed by atoms with Crippen LogP contribution in [-0.4, -0.2) is 28.2 Å². The molecule has 2 aromatic rings. The number of hydrogen-bond donors (Lipinski definition) is 2. The molecule has 166 valence electrons. The van der Waals surface area contributed by atoms with Crippen LogP contribution in [0.2, 0.25) is 0 Å². The number of aliphatic hydroxyl groups is 1. The minimum absolute atomic E-state index is 0.134. The Hall–Kier alpha value is -2.61. The Morgan fingerprint density at radius 1 is 1.19 bits per heavy atom. The summed E-state index contributed by atoms with van der Waals surface area (Å²) >= 11 is 0. The van der Waals surface area contributed by atoms with Crippen molar-refractivity contribution in [3.05, 3.63) is 47.2 Å². The Balaban J connectivity index is 1.74. The number of carbonyl (C=O) groups is 1. The molecular weight excluding hydrogens is 409 g/mol. The average Bonchev–Trinajstić information content (AvgIpc) is 3.58. The number of nitrogens with two attached hydrogens (primary N) is 1. The zero-order valence-corrected chi connectivity index (χ0v) is 17.2. The summed E-state index contributed by atoms with van der Waals surface area (Å²) < 4.78 is 44.8. The minimum atomic E-state index is -4.45. The summed E-state index contributed by atoms with van der Waals surface area (Å²) in [5, 5.41) is 10.8. The smallest absolute Gasteiger partial charge is 0.416 e. The Morgan fingerprint density at radius 3 is 2.35 bits per heavy atom. The maximum absolute atomic E-state index is 12.9. The van der Waals surface area contributed by atoms with Crippen molar-refractivity contribution in [1.82, 2.24) is 4.98 Å². The van der Waals surface area contributed by atoms with E-state index in [1.165, 1.54) is 18.2 Å². The fourth-order valence-electron chi connectivity index (χ4n) is 3.71. The van der Waals surface area contributed by atoms with E-state index in [9.17, 15) is 23.1 Å². The summed E-state index contributed by atoms with van der Waals surface area (Å²) in [5.74, 6) is 0.0887. The summed E-state index contributed by atoms with van der Waals surface area (Å²) in [6, 6.07) is 6.13. The van der Waals surface area contributed by atoms with Crippen LogP contribution in [-0.2, 0) is 12.6 Å². The fourth-order valence-corrected chi connectivity index (χ4v) is 3.71. The summed E-state index contributed by atoms with van der Waals surface area (Å²) in [7, 11) is 0. The first-order valence-corrected chi connectivity index (χ1v) is 10.4. The molecule has 0 unspecified atom stereocenters. The van der Waals surface area contributed by atoms with Crippen molar-refractivity contribution in [2.24, 2.45) is 17.6 Å². The monoisotopic (exact) mass is 434 g/mol. The number of amides is 1. The number of primary amides is 1. The highest BCUT2D eigenvalue weighted by atomic mass is 19.4. The number of nitrogens with zero attached hydrogens (tertiary/aromatic N) is 1. The van der Waals surface area contributed by atoms with E-state index in [1.807, 2.05) is 0 Å². The molecule has 2 fully saturated rings. The molecule has 1 aromatic heterocycles. The van der Waals surface area contributed by atoms with Crippen LogP contribution in [0, 0.1) is 11.8 Å². The molecule has 0 aliphatic heterocycles. The van der Waals surface area contributed by atoms with Gasteiger partial charge in [-0.2, -0.15) is 13.2 Å². The lowest BCUT2D eigenvalue weighted by Crippen LogP contribution is -2.32. The molecule has 2 saturated carbocycles. The number of halogens is 3. The van der Waals surface area contributed by atoms with E-state index in [1.54, 1.807) is 6.92 Å². The van der Waals surface area contributed by atoms with Crippen molar-refractivity contribution in [2.75, 3.05) is 6.61 Å². The van der Waals surface area contributed by atoms with Gasteiger partial charge in [0.05, 0.1) is 29.0 Å². The molecule has 31 heavy (non-hydrogen) atoms. The minimum Gasteiger partial charge on any atom is -0.477 e. The van der Waals surface area contributed by atoms with Crippen molar-refractivity contribution in [1.29, 1.82) is 0 Å². The number of benzene rings is 1. The molecule has 0 spiro atoms. The summed E-state index contributed by atoms with van der Waals surface area (Å²) in [6.07, 6.45) is -0.376. The molecule has 4 rings (SSSR count). The molecule has 8 heteroatoms. The van der Waals surface area contributed by atoms with Crippen LogP contribution in [0.25, 0.3) is 11.1 Å². The molecule has 3 N–H and O–H groups in total. The van der Waals surface area contributed by atoms with Crippen molar-refractivity contribution in [3.63, 3.8) is 0 Å². The van der Waals surface area contributed by atoms with Crippen molar-refractivity contribution in [3.8, 4) is 17.0 Å². The average molecular weight is 434 g/mol. The first-order valence-electron chi connectivity index (χ1n) is 10.4. The molecule has 1 heterocycles. The molecule has 2 aliphatic carbocycles. The van der Waals surface area contributed by atoms with Crippen LogP contribution >= 0.6 is 0 Å². The van der Waals surface area contributed by atoms with Crippen LogP contribution in [0.5, 0.6) is 5.88 Å². The molecule has 0 saturated heterocycles. The van der Waals surface area contributed by atoms with E-state index in [0.29, 0.717) is 29.3 Å². The Labute approximate surface area is 178 Å². The highest BCUT2D eigenvalue weighted by Gasteiger charge is 2.41. The quantitative estimate of drug-likeness (QED) is 0.647. The predicted octanol–water partition coefficient (Wildman–Crippen LogP) is 4.36. The van der Waals surface area contributed by atoms with Crippen LogP contribution in [0.4, 0.5) is 13.2 Å². The van der Waals surface area contributed by atoms with Crippen LogP contribution < -0.4 is 10.5 Å². The number of aromatic nitrogens is 1. The van der Waals surface area contributed by atoms with E-state index < -0.39 is 23.2 Å². The van der Waals surface area contributed by atoms with Gasteiger partial charge in [0.25, 0.3) is 5.91 Å². The lowest BCUT2D eigenvalue weighted by Gasteiger charge is -2.24. The first kappa shape index (κ1) is 21.6.